The molecular formula is C13H7Cl3N2OS2. The van der Waals surface area contributed by atoms with E-state index >= 15 is 0 Å². The van der Waals surface area contributed by atoms with Crippen molar-refractivity contribution in [2.45, 2.75) is 6.92 Å². The number of aromatic nitrogens is 1. The van der Waals surface area contributed by atoms with Crippen LogP contribution >= 0.6 is 57.5 Å². The van der Waals surface area contributed by atoms with Gasteiger partial charge in [0, 0.05) is 20.5 Å². The lowest BCUT2D eigenvalue weighted by Crippen LogP contribution is -2.10. The molecule has 0 saturated heterocycles. The second-order valence-electron chi connectivity index (χ2n) is 4.25. The third-order valence-corrected chi connectivity index (χ3v) is 5.71. The molecule has 2 aromatic heterocycles. The number of thiophene rings is 1. The number of benzene rings is 1. The number of amides is 1. The Morgan fingerprint density at radius 1 is 1.29 bits per heavy atom. The Bertz CT molecular complexity index is 857. The molecule has 3 rings (SSSR count). The predicted molar refractivity (Wildman–Crippen MR) is 91.7 cm³/mol. The molecule has 0 saturated carbocycles. The summed E-state index contributed by atoms with van der Waals surface area (Å²) in [6.45, 7) is 1.86. The first-order chi connectivity index (χ1) is 9.95. The maximum absolute atomic E-state index is 12.3. The number of hydrogen-bond donors (Lipinski definition) is 1. The fourth-order valence-corrected chi connectivity index (χ4v) is 4.78. The van der Waals surface area contributed by atoms with Gasteiger partial charge in [0.15, 0.2) is 5.13 Å². The molecule has 0 spiro atoms. The Morgan fingerprint density at radius 2 is 2.05 bits per heavy atom. The fraction of sp³-hybridized carbons (Fsp3) is 0.0769. The maximum atomic E-state index is 12.3. The second-order valence-corrected chi connectivity index (χ2v) is 7.39. The average molecular weight is 378 g/mol. The summed E-state index contributed by atoms with van der Waals surface area (Å²) in [6, 6.07) is 3.35. The van der Waals surface area contributed by atoms with Gasteiger partial charge < -0.3 is 0 Å². The number of carbonyl (C=O) groups excluding carboxylic acids is 1. The van der Waals surface area contributed by atoms with Crippen molar-refractivity contribution in [3.05, 3.63) is 43.2 Å². The summed E-state index contributed by atoms with van der Waals surface area (Å²) >= 11 is 21.0. The highest BCUT2D eigenvalue weighted by atomic mass is 35.5. The number of nitrogens with one attached hydrogen (secondary N) is 1. The standard InChI is InChI=1S/C13H7Cl3N2OS2/c1-5-4-20-13(17-5)18-12(19)11-10(16)9-7(15)2-6(14)3-8(9)21-11/h2-4H,1H3,(H,17,18,19). The highest BCUT2D eigenvalue weighted by Crippen LogP contribution is 2.41. The molecule has 2 heterocycles. The summed E-state index contributed by atoms with van der Waals surface area (Å²) in [5.41, 5.74) is 0.854. The van der Waals surface area contributed by atoms with Crippen molar-refractivity contribution in [2.24, 2.45) is 0 Å². The summed E-state index contributed by atoms with van der Waals surface area (Å²) in [7, 11) is 0. The molecule has 108 valence electrons. The zero-order chi connectivity index (χ0) is 15.1. The van der Waals surface area contributed by atoms with E-state index in [0.29, 0.717) is 30.5 Å². The molecule has 0 unspecified atom stereocenters. The van der Waals surface area contributed by atoms with Crippen LogP contribution in [0.5, 0.6) is 0 Å². The van der Waals surface area contributed by atoms with Gasteiger partial charge in [-0.2, -0.15) is 0 Å². The number of thiazole rings is 1. The Balaban J connectivity index is 2.02. The number of hydrogen-bond acceptors (Lipinski definition) is 4. The molecule has 1 N–H and O–H groups in total. The molecule has 0 atom stereocenters. The minimum absolute atomic E-state index is 0.303. The van der Waals surface area contributed by atoms with Gasteiger partial charge in [0.2, 0.25) is 0 Å². The van der Waals surface area contributed by atoms with E-state index in [2.05, 4.69) is 10.3 Å². The van der Waals surface area contributed by atoms with Crippen molar-refractivity contribution in [3.8, 4) is 0 Å². The van der Waals surface area contributed by atoms with E-state index in [1.54, 1.807) is 12.1 Å². The number of nitrogens with zero attached hydrogens (tertiary/aromatic N) is 1. The van der Waals surface area contributed by atoms with Gasteiger partial charge in [-0.1, -0.05) is 34.8 Å². The van der Waals surface area contributed by atoms with Crippen LogP contribution in [0.2, 0.25) is 15.1 Å². The van der Waals surface area contributed by atoms with Crippen LogP contribution in [0.4, 0.5) is 5.13 Å². The van der Waals surface area contributed by atoms with Crippen molar-refractivity contribution in [1.29, 1.82) is 0 Å². The summed E-state index contributed by atoms with van der Waals surface area (Å²) in [5.74, 6) is -0.303. The lowest BCUT2D eigenvalue weighted by molar-refractivity contribution is 0.103. The van der Waals surface area contributed by atoms with Gasteiger partial charge >= 0.3 is 0 Å². The minimum Gasteiger partial charge on any atom is -0.297 e. The van der Waals surface area contributed by atoms with E-state index in [9.17, 15) is 4.79 Å². The van der Waals surface area contributed by atoms with Crippen molar-refractivity contribution in [2.75, 3.05) is 5.32 Å². The third-order valence-electron chi connectivity index (χ3n) is 2.70. The first-order valence-corrected chi connectivity index (χ1v) is 8.59. The van der Waals surface area contributed by atoms with Crippen molar-refractivity contribution in [1.82, 2.24) is 4.98 Å². The molecule has 0 aliphatic heterocycles. The molecule has 0 radical (unpaired) electrons. The Kier molecular flexibility index (Phi) is 4.12. The van der Waals surface area contributed by atoms with Crippen LogP contribution in [0, 0.1) is 6.92 Å². The number of rotatable bonds is 2. The Labute approximate surface area is 143 Å². The lowest BCUT2D eigenvalue weighted by atomic mass is 10.2. The van der Waals surface area contributed by atoms with Gasteiger partial charge in [-0.3, -0.25) is 10.1 Å². The highest BCUT2D eigenvalue weighted by Gasteiger charge is 2.20. The van der Waals surface area contributed by atoms with Gasteiger partial charge in [-0.25, -0.2) is 4.98 Å². The smallest absolute Gasteiger partial charge is 0.269 e. The molecule has 0 aliphatic rings. The van der Waals surface area contributed by atoms with Crippen molar-refractivity contribution in [3.63, 3.8) is 0 Å². The molecule has 0 bridgehead atoms. The molecule has 21 heavy (non-hydrogen) atoms. The number of anilines is 1. The zero-order valence-electron chi connectivity index (χ0n) is 10.5. The average Bonchev–Trinajstić information content (AvgIpc) is 2.93. The molecule has 3 aromatic rings. The number of fused-ring (bicyclic) bond motifs is 1. The predicted octanol–water partition coefficient (Wildman–Crippen LogP) is 5.88. The second kappa shape index (κ2) is 5.74. The molecule has 1 amide bonds. The number of carbonyl (C=O) groups is 1. The number of halogens is 3. The largest absolute Gasteiger partial charge is 0.297 e. The van der Waals surface area contributed by atoms with Gasteiger partial charge in [0.05, 0.1) is 15.7 Å². The van der Waals surface area contributed by atoms with Gasteiger partial charge in [0.25, 0.3) is 5.91 Å². The van der Waals surface area contributed by atoms with Crippen LogP contribution in [0.3, 0.4) is 0 Å². The summed E-state index contributed by atoms with van der Waals surface area (Å²) in [5, 5.41) is 7.05. The topological polar surface area (TPSA) is 42.0 Å². The molecule has 8 heteroatoms. The van der Waals surface area contributed by atoms with Crippen LogP contribution in [0.25, 0.3) is 10.1 Å². The van der Waals surface area contributed by atoms with E-state index in [4.69, 9.17) is 34.8 Å². The minimum atomic E-state index is -0.303. The molecule has 1 aromatic carbocycles. The van der Waals surface area contributed by atoms with Gasteiger partial charge in [-0.05, 0) is 19.1 Å². The Morgan fingerprint density at radius 3 is 2.71 bits per heavy atom. The first kappa shape index (κ1) is 15.1. The SMILES string of the molecule is Cc1csc(NC(=O)c2sc3cc(Cl)cc(Cl)c3c2Cl)n1. The van der Waals surface area contributed by atoms with Crippen LogP contribution in [-0.2, 0) is 0 Å². The first-order valence-electron chi connectivity index (χ1n) is 5.76. The van der Waals surface area contributed by atoms with Crippen LogP contribution in [0.1, 0.15) is 15.4 Å². The lowest BCUT2D eigenvalue weighted by Gasteiger charge is -1.99. The van der Waals surface area contributed by atoms with Crippen LogP contribution in [0.15, 0.2) is 17.5 Å². The Hall–Kier alpha value is -0.850. The van der Waals surface area contributed by atoms with E-state index in [-0.39, 0.29) is 5.91 Å². The van der Waals surface area contributed by atoms with E-state index in [1.807, 2.05) is 12.3 Å². The van der Waals surface area contributed by atoms with E-state index in [1.165, 1.54) is 22.7 Å². The summed E-state index contributed by atoms with van der Waals surface area (Å²) in [6.07, 6.45) is 0. The van der Waals surface area contributed by atoms with E-state index < -0.39 is 0 Å². The molecule has 3 nitrogen and oxygen atoms in total. The molecule has 0 aliphatic carbocycles. The monoisotopic (exact) mass is 376 g/mol. The van der Waals surface area contributed by atoms with Gasteiger partial charge in [0.1, 0.15) is 4.88 Å². The highest BCUT2D eigenvalue weighted by molar-refractivity contribution is 7.22. The normalized spacial score (nSPS) is 11.0. The molecular weight excluding hydrogens is 371 g/mol. The van der Waals surface area contributed by atoms with Crippen molar-refractivity contribution >= 4 is 78.6 Å². The van der Waals surface area contributed by atoms with Crippen molar-refractivity contribution < 1.29 is 4.79 Å². The van der Waals surface area contributed by atoms with Gasteiger partial charge in [-0.15, -0.1) is 22.7 Å². The van der Waals surface area contributed by atoms with E-state index in [0.717, 1.165) is 10.4 Å². The zero-order valence-corrected chi connectivity index (χ0v) is 14.4. The summed E-state index contributed by atoms with van der Waals surface area (Å²) < 4.78 is 0.776. The fourth-order valence-electron chi connectivity index (χ4n) is 1.82. The van der Waals surface area contributed by atoms with Crippen LogP contribution < -0.4 is 5.32 Å². The quantitative estimate of drug-likeness (QED) is 0.606. The molecule has 0 fully saturated rings. The number of aryl methyl sites for hydroxylation is 1. The maximum Gasteiger partial charge on any atom is 0.269 e. The summed E-state index contributed by atoms with van der Waals surface area (Å²) in [4.78, 5) is 16.9. The third kappa shape index (κ3) is 2.89. The van der Waals surface area contributed by atoms with Crippen LogP contribution in [-0.4, -0.2) is 10.9 Å².